The maximum Gasteiger partial charge on any atom is 0.258 e. The third-order valence-corrected chi connectivity index (χ3v) is 3.29. The molecule has 0 N–H and O–H groups in total. The first kappa shape index (κ1) is 12.8. The number of hydrogen-bond donors (Lipinski definition) is 0. The van der Waals surface area contributed by atoms with E-state index in [2.05, 4.69) is 26.1 Å². The van der Waals surface area contributed by atoms with Crippen LogP contribution in [0.15, 0.2) is 63.6 Å². The molecule has 4 heteroatoms. The molecule has 0 saturated heterocycles. The van der Waals surface area contributed by atoms with Crippen LogP contribution >= 0.6 is 15.9 Å². The minimum atomic E-state index is 0.519. The van der Waals surface area contributed by atoms with Crippen LogP contribution in [-0.2, 0) is 0 Å². The van der Waals surface area contributed by atoms with Crippen molar-refractivity contribution < 1.29 is 4.52 Å². The van der Waals surface area contributed by atoms with Gasteiger partial charge in [0.25, 0.3) is 5.89 Å². The molecule has 3 nitrogen and oxygen atoms in total. The largest absolute Gasteiger partial charge is 0.334 e. The second kappa shape index (κ2) is 5.84. The van der Waals surface area contributed by atoms with Gasteiger partial charge in [-0.3, -0.25) is 0 Å². The SMILES string of the molecule is Brc1ccc(-c2nc(/C=C/c3ccccc3)no2)cc1. The van der Waals surface area contributed by atoms with Crippen LogP contribution < -0.4 is 0 Å². The van der Waals surface area contributed by atoms with Crippen molar-refractivity contribution in [2.75, 3.05) is 0 Å². The minimum Gasteiger partial charge on any atom is -0.334 e. The normalized spacial score (nSPS) is 11.1. The first-order chi connectivity index (χ1) is 9.81. The fraction of sp³-hybridized carbons (Fsp3) is 0. The molecule has 3 rings (SSSR count). The van der Waals surface area contributed by atoms with Crippen molar-refractivity contribution in [2.45, 2.75) is 0 Å². The Hall–Kier alpha value is -2.20. The molecular formula is C16H11BrN2O. The minimum absolute atomic E-state index is 0.519. The van der Waals surface area contributed by atoms with Gasteiger partial charge in [0, 0.05) is 10.0 Å². The maximum atomic E-state index is 5.25. The summed E-state index contributed by atoms with van der Waals surface area (Å²) in [7, 11) is 0. The Kier molecular flexibility index (Phi) is 3.74. The highest BCUT2D eigenvalue weighted by molar-refractivity contribution is 9.10. The zero-order chi connectivity index (χ0) is 13.8. The van der Waals surface area contributed by atoms with Crippen molar-refractivity contribution in [3.05, 3.63) is 70.5 Å². The molecule has 0 bridgehead atoms. The molecule has 0 aliphatic heterocycles. The lowest BCUT2D eigenvalue weighted by Gasteiger charge is -1.93. The highest BCUT2D eigenvalue weighted by atomic mass is 79.9. The summed E-state index contributed by atoms with van der Waals surface area (Å²) in [5.74, 6) is 1.08. The van der Waals surface area contributed by atoms with E-state index in [0.717, 1.165) is 15.6 Å². The lowest BCUT2D eigenvalue weighted by atomic mass is 10.2. The Bertz CT molecular complexity index is 718. The summed E-state index contributed by atoms with van der Waals surface area (Å²) >= 11 is 3.40. The number of nitrogens with zero attached hydrogens (tertiary/aromatic N) is 2. The average Bonchev–Trinajstić information content (AvgIpc) is 2.96. The summed E-state index contributed by atoms with van der Waals surface area (Å²) in [6.07, 6.45) is 3.79. The van der Waals surface area contributed by atoms with E-state index >= 15 is 0 Å². The van der Waals surface area contributed by atoms with Crippen LogP contribution in [0.3, 0.4) is 0 Å². The molecular weight excluding hydrogens is 316 g/mol. The molecule has 0 aliphatic carbocycles. The van der Waals surface area contributed by atoms with Crippen LogP contribution in [0.25, 0.3) is 23.6 Å². The fourth-order valence-corrected chi connectivity index (χ4v) is 2.01. The monoisotopic (exact) mass is 326 g/mol. The molecule has 0 unspecified atom stereocenters. The van der Waals surface area contributed by atoms with Gasteiger partial charge in [-0.2, -0.15) is 4.98 Å². The van der Waals surface area contributed by atoms with Crippen molar-refractivity contribution in [1.29, 1.82) is 0 Å². The van der Waals surface area contributed by atoms with Gasteiger partial charge in [0.2, 0.25) is 0 Å². The van der Waals surface area contributed by atoms with Gasteiger partial charge in [-0.25, -0.2) is 0 Å². The molecule has 0 radical (unpaired) electrons. The predicted molar refractivity (Wildman–Crippen MR) is 82.8 cm³/mol. The highest BCUT2D eigenvalue weighted by Crippen LogP contribution is 2.20. The summed E-state index contributed by atoms with van der Waals surface area (Å²) in [5.41, 5.74) is 2.00. The van der Waals surface area contributed by atoms with Gasteiger partial charge in [-0.05, 0) is 35.9 Å². The van der Waals surface area contributed by atoms with Crippen molar-refractivity contribution in [3.8, 4) is 11.5 Å². The standard InChI is InChI=1S/C16H11BrN2O/c17-14-9-7-13(8-10-14)16-18-15(19-20-16)11-6-12-4-2-1-3-5-12/h1-11H/b11-6+. The molecule has 1 heterocycles. The third-order valence-electron chi connectivity index (χ3n) is 2.76. The van der Waals surface area contributed by atoms with E-state index in [4.69, 9.17) is 4.52 Å². The molecule has 0 aliphatic rings. The molecule has 0 saturated carbocycles. The molecule has 0 spiro atoms. The highest BCUT2D eigenvalue weighted by Gasteiger charge is 2.06. The van der Waals surface area contributed by atoms with Crippen LogP contribution in [0.5, 0.6) is 0 Å². The molecule has 0 fully saturated rings. The molecule has 3 aromatic rings. The van der Waals surface area contributed by atoms with Crippen LogP contribution in [-0.4, -0.2) is 10.1 Å². The zero-order valence-electron chi connectivity index (χ0n) is 10.5. The summed E-state index contributed by atoms with van der Waals surface area (Å²) in [6, 6.07) is 17.8. The topological polar surface area (TPSA) is 38.9 Å². The molecule has 0 atom stereocenters. The second-order valence-electron chi connectivity index (χ2n) is 4.21. The first-order valence-corrected chi connectivity index (χ1v) is 6.93. The first-order valence-electron chi connectivity index (χ1n) is 6.14. The van der Waals surface area contributed by atoms with E-state index in [1.807, 2.05) is 66.7 Å². The number of hydrogen-bond acceptors (Lipinski definition) is 3. The van der Waals surface area contributed by atoms with Gasteiger partial charge in [0.15, 0.2) is 5.82 Å². The van der Waals surface area contributed by atoms with E-state index in [0.29, 0.717) is 11.7 Å². The van der Waals surface area contributed by atoms with Gasteiger partial charge in [-0.1, -0.05) is 57.5 Å². The van der Waals surface area contributed by atoms with Crippen LogP contribution in [0.1, 0.15) is 11.4 Å². The van der Waals surface area contributed by atoms with Gasteiger partial charge >= 0.3 is 0 Å². The van der Waals surface area contributed by atoms with Gasteiger partial charge in [-0.15, -0.1) is 0 Å². The quantitative estimate of drug-likeness (QED) is 0.702. The third kappa shape index (κ3) is 3.03. The Morgan fingerprint density at radius 2 is 1.65 bits per heavy atom. The van der Waals surface area contributed by atoms with E-state index in [-0.39, 0.29) is 0 Å². The second-order valence-corrected chi connectivity index (χ2v) is 5.12. The van der Waals surface area contributed by atoms with Crippen molar-refractivity contribution in [1.82, 2.24) is 10.1 Å². The number of rotatable bonds is 3. The lowest BCUT2D eigenvalue weighted by Crippen LogP contribution is -1.78. The average molecular weight is 327 g/mol. The Morgan fingerprint density at radius 1 is 0.900 bits per heavy atom. The Labute approximate surface area is 125 Å². The lowest BCUT2D eigenvalue weighted by molar-refractivity contribution is 0.429. The van der Waals surface area contributed by atoms with Gasteiger partial charge in [0.05, 0.1) is 0 Å². The summed E-state index contributed by atoms with van der Waals surface area (Å²) in [4.78, 5) is 4.35. The summed E-state index contributed by atoms with van der Waals surface area (Å²) < 4.78 is 6.27. The van der Waals surface area contributed by atoms with E-state index in [1.54, 1.807) is 0 Å². The summed E-state index contributed by atoms with van der Waals surface area (Å²) in [6.45, 7) is 0. The van der Waals surface area contributed by atoms with E-state index < -0.39 is 0 Å². The molecule has 1 aromatic heterocycles. The Morgan fingerprint density at radius 3 is 2.40 bits per heavy atom. The summed E-state index contributed by atoms with van der Waals surface area (Å²) in [5, 5.41) is 3.95. The van der Waals surface area contributed by atoms with Crippen molar-refractivity contribution in [2.24, 2.45) is 0 Å². The molecule has 98 valence electrons. The van der Waals surface area contributed by atoms with Crippen LogP contribution in [0.2, 0.25) is 0 Å². The maximum absolute atomic E-state index is 5.25. The molecule has 0 amide bonds. The smallest absolute Gasteiger partial charge is 0.258 e. The number of aromatic nitrogens is 2. The number of benzene rings is 2. The van der Waals surface area contributed by atoms with Gasteiger partial charge < -0.3 is 4.52 Å². The molecule has 2 aromatic carbocycles. The van der Waals surface area contributed by atoms with Crippen LogP contribution in [0, 0.1) is 0 Å². The Balaban J connectivity index is 1.80. The number of halogens is 1. The zero-order valence-corrected chi connectivity index (χ0v) is 12.1. The van der Waals surface area contributed by atoms with Crippen molar-refractivity contribution in [3.63, 3.8) is 0 Å². The fourth-order valence-electron chi connectivity index (χ4n) is 1.75. The van der Waals surface area contributed by atoms with Crippen molar-refractivity contribution >= 4 is 28.1 Å². The van der Waals surface area contributed by atoms with Gasteiger partial charge in [0.1, 0.15) is 0 Å². The van der Waals surface area contributed by atoms with E-state index in [9.17, 15) is 0 Å². The molecule has 20 heavy (non-hydrogen) atoms. The predicted octanol–water partition coefficient (Wildman–Crippen LogP) is 4.67. The van der Waals surface area contributed by atoms with Crippen LogP contribution in [0.4, 0.5) is 0 Å². The van der Waals surface area contributed by atoms with E-state index in [1.165, 1.54) is 0 Å².